The second-order valence-corrected chi connectivity index (χ2v) is 7.47. The molecular formula is C18H19NO6S. The number of rotatable bonds is 4. The van der Waals surface area contributed by atoms with Crippen LogP contribution in [0.2, 0.25) is 0 Å². The lowest BCUT2D eigenvalue weighted by Gasteiger charge is -2.13. The number of hydrogen-bond acceptors (Lipinski definition) is 6. The van der Waals surface area contributed by atoms with E-state index < -0.39 is 16.0 Å². The summed E-state index contributed by atoms with van der Waals surface area (Å²) < 4.78 is 43.8. The molecule has 0 spiro atoms. The molecule has 0 aromatic heterocycles. The van der Waals surface area contributed by atoms with Crippen LogP contribution in [0.5, 0.6) is 11.5 Å². The molecular weight excluding hydrogens is 358 g/mol. The first kappa shape index (κ1) is 18.1. The molecule has 3 rings (SSSR count). The predicted molar refractivity (Wildman–Crippen MR) is 95.4 cm³/mol. The Morgan fingerprint density at radius 1 is 1.08 bits per heavy atom. The Bertz CT molecular complexity index is 939. The van der Waals surface area contributed by atoms with E-state index >= 15 is 0 Å². The monoisotopic (exact) mass is 377 g/mol. The van der Waals surface area contributed by atoms with Crippen molar-refractivity contribution in [2.24, 2.45) is 0 Å². The molecule has 0 atom stereocenters. The van der Waals surface area contributed by atoms with Crippen molar-refractivity contribution in [3.63, 3.8) is 0 Å². The lowest BCUT2D eigenvalue weighted by atomic mass is 10.1. The topological polar surface area (TPSA) is 90.9 Å². The molecule has 1 N–H and O–H groups in total. The second-order valence-electron chi connectivity index (χ2n) is 5.79. The highest BCUT2D eigenvalue weighted by molar-refractivity contribution is 7.92. The van der Waals surface area contributed by atoms with Crippen molar-refractivity contribution in [1.29, 1.82) is 0 Å². The molecule has 138 valence electrons. The highest BCUT2D eigenvalue weighted by Crippen LogP contribution is 2.32. The molecule has 1 aliphatic heterocycles. The van der Waals surface area contributed by atoms with Gasteiger partial charge in [-0.3, -0.25) is 4.72 Å². The van der Waals surface area contributed by atoms with Gasteiger partial charge in [-0.15, -0.1) is 0 Å². The third-order valence-corrected chi connectivity index (χ3v) is 5.30. The summed E-state index contributed by atoms with van der Waals surface area (Å²) in [5.74, 6) is 0.372. The number of esters is 1. The number of sulfonamides is 1. The minimum Gasteiger partial charge on any atom is -0.490 e. The maximum Gasteiger partial charge on any atom is 0.337 e. The first-order valence-corrected chi connectivity index (χ1v) is 9.50. The number of benzene rings is 2. The molecule has 26 heavy (non-hydrogen) atoms. The van der Waals surface area contributed by atoms with Gasteiger partial charge in [-0.2, -0.15) is 0 Å². The summed E-state index contributed by atoms with van der Waals surface area (Å²) >= 11 is 0. The van der Waals surface area contributed by atoms with Gasteiger partial charge >= 0.3 is 5.97 Å². The van der Waals surface area contributed by atoms with E-state index in [1.807, 2.05) is 0 Å². The van der Waals surface area contributed by atoms with E-state index in [1.165, 1.54) is 25.3 Å². The van der Waals surface area contributed by atoms with E-state index in [9.17, 15) is 13.2 Å². The molecule has 2 aromatic rings. The first-order chi connectivity index (χ1) is 12.4. The maximum atomic E-state index is 12.8. The molecule has 0 fully saturated rings. The van der Waals surface area contributed by atoms with Gasteiger partial charge in [-0.05, 0) is 36.8 Å². The smallest absolute Gasteiger partial charge is 0.337 e. The van der Waals surface area contributed by atoms with Crippen LogP contribution in [-0.2, 0) is 14.8 Å². The third kappa shape index (κ3) is 3.75. The van der Waals surface area contributed by atoms with Crippen molar-refractivity contribution in [2.45, 2.75) is 18.2 Å². The summed E-state index contributed by atoms with van der Waals surface area (Å²) in [4.78, 5) is 11.7. The number of carbonyl (C=O) groups excluding carboxylic acids is 1. The van der Waals surface area contributed by atoms with Crippen LogP contribution in [-0.4, -0.2) is 34.7 Å². The predicted octanol–water partition coefficient (Wildman–Crippen LogP) is 2.74. The first-order valence-electron chi connectivity index (χ1n) is 8.02. The van der Waals surface area contributed by atoms with E-state index in [-0.39, 0.29) is 10.5 Å². The van der Waals surface area contributed by atoms with E-state index in [0.717, 1.165) is 6.42 Å². The molecule has 2 aromatic carbocycles. The summed E-state index contributed by atoms with van der Waals surface area (Å²) in [5.41, 5.74) is 1.24. The average molecular weight is 377 g/mol. The molecule has 0 saturated heterocycles. The lowest BCUT2D eigenvalue weighted by Crippen LogP contribution is -2.15. The quantitative estimate of drug-likeness (QED) is 0.824. The van der Waals surface area contributed by atoms with Crippen LogP contribution in [0.4, 0.5) is 5.69 Å². The Kier molecular flexibility index (Phi) is 5.03. The number of nitrogens with one attached hydrogen (secondary N) is 1. The van der Waals surface area contributed by atoms with Gasteiger partial charge in [0.25, 0.3) is 10.0 Å². The Morgan fingerprint density at radius 2 is 1.81 bits per heavy atom. The summed E-state index contributed by atoms with van der Waals surface area (Å²) in [5, 5.41) is 0. The molecule has 1 aliphatic rings. The molecule has 0 amide bonds. The fourth-order valence-corrected chi connectivity index (χ4v) is 3.63. The molecule has 0 bridgehead atoms. The van der Waals surface area contributed by atoms with Crippen molar-refractivity contribution in [1.82, 2.24) is 0 Å². The number of anilines is 1. The number of hydrogen-bond donors (Lipinski definition) is 1. The van der Waals surface area contributed by atoms with Crippen LogP contribution >= 0.6 is 0 Å². The number of carbonyl (C=O) groups is 1. The van der Waals surface area contributed by atoms with Gasteiger partial charge < -0.3 is 14.2 Å². The number of aryl methyl sites for hydroxylation is 1. The molecule has 0 unspecified atom stereocenters. The van der Waals surface area contributed by atoms with Crippen LogP contribution in [0.25, 0.3) is 0 Å². The van der Waals surface area contributed by atoms with Crippen LogP contribution in [0, 0.1) is 6.92 Å². The highest BCUT2D eigenvalue weighted by atomic mass is 32.2. The van der Waals surface area contributed by atoms with Crippen molar-refractivity contribution in [3.05, 3.63) is 47.5 Å². The maximum absolute atomic E-state index is 12.8. The molecule has 8 heteroatoms. The fraction of sp³-hybridized carbons (Fsp3) is 0.278. The van der Waals surface area contributed by atoms with E-state index in [4.69, 9.17) is 9.47 Å². The summed E-state index contributed by atoms with van der Waals surface area (Å²) in [6, 6.07) is 9.14. The Hall–Kier alpha value is -2.74. The van der Waals surface area contributed by atoms with Gasteiger partial charge in [-0.25, -0.2) is 13.2 Å². The molecule has 7 nitrogen and oxygen atoms in total. The zero-order valence-corrected chi connectivity index (χ0v) is 15.3. The Labute approximate surface area is 151 Å². The second kappa shape index (κ2) is 7.25. The highest BCUT2D eigenvalue weighted by Gasteiger charge is 2.20. The van der Waals surface area contributed by atoms with Crippen LogP contribution in [0.15, 0.2) is 41.3 Å². The average Bonchev–Trinajstić information content (AvgIpc) is 2.87. The standard InChI is InChI=1S/C18H19NO6S/c1-12-4-5-13(18(20)23-2)10-15(12)19-26(21,22)14-6-7-16-17(11-14)25-9-3-8-24-16/h4-7,10-11,19H,3,8-9H2,1-2H3. The third-order valence-electron chi connectivity index (χ3n) is 3.93. The van der Waals surface area contributed by atoms with E-state index in [2.05, 4.69) is 9.46 Å². The fourth-order valence-electron chi connectivity index (χ4n) is 2.49. The van der Waals surface area contributed by atoms with Gasteiger partial charge in [0.15, 0.2) is 11.5 Å². The number of ether oxygens (including phenoxy) is 3. The number of methoxy groups -OCH3 is 1. The molecule has 0 saturated carbocycles. The van der Waals surface area contributed by atoms with E-state index in [1.54, 1.807) is 25.1 Å². The van der Waals surface area contributed by atoms with E-state index in [0.29, 0.717) is 36.0 Å². The van der Waals surface area contributed by atoms with Crippen LogP contribution < -0.4 is 14.2 Å². The lowest BCUT2D eigenvalue weighted by molar-refractivity contribution is 0.0600. The SMILES string of the molecule is COC(=O)c1ccc(C)c(NS(=O)(=O)c2ccc3c(c2)OCCCO3)c1. The molecule has 0 aliphatic carbocycles. The summed E-state index contributed by atoms with van der Waals surface area (Å²) in [6.07, 6.45) is 0.731. The van der Waals surface area contributed by atoms with Crippen molar-refractivity contribution < 1.29 is 27.4 Å². The van der Waals surface area contributed by atoms with Gasteiger partial charge in [0.2, 0.25) is 0 Å². The van der Waals surface area contributed by atoms with Gasteiger partial charge in [0, 0.05) is 12.5 Å². The molecule has 1 heterocycles. The normalized spacial score (nSPS) is 13.6. The van der Waals surface area contributed by atoms with Crippen LogP contribution in [0.1, 0.15) is 22.3 Å². The zero-order valence-electron chi connectivity index (χ0n) is 14.4. The Morgan fingerprint density at radius 3 is 2.54 bits per heavy atom. The van der Waals surface area contributed by atoms with Gasteiger partial charge in [0.05, 0.1) is 36.5 Å². The molecule has 0 radical (unpaired) electrons. The zero-order chi connectivity index (χ0) is 18.7. The van der Waals surface area contributed by atoms with Gasteiger partial charge in [-0.1, -0.05) is 6.07 Å². The van der Waals surface area contributed by atoms with Crippen molar-refractivity contribution >= 4 is 21.7 Å². The largest absolute Gasteiger partial charge is 0.490 e. The van der Waals surface area contributed by atoms with Gasteiger partial charge in [0.1, 0.15) is 0 Å². The summed E-state index contributed by atoms with van der Waals surface area (Å²) in [7, 11) is -2.60. The number of fused-ring (bicyclic) bond motifs is 1. The summed E-state index contributed by atoms with van der Waals surface area (Å²) in [6.45, 7) is 2.73. The Balaban J connectivity index is 1.92. The van der Waals surface area contributed by atoms with Crippen LogP contribution in [0.3, 0.4) is 0 Å². The minimum atomic E-state index is -3.87. The minimum absolute atomic E-state index is 0.0459. The van der Waals surface area contributed by atoms with Crippen molar-refractivity contribution in [3.8, 4) is 11.5 Å². The van der Waals surface area contributed by atoms with Crippen molar-refractivity contribution in [2.75, 3.05) is 25.0 Å².